The van der Waals surface area contributed by atoms with Crippen LogP contribution in [-0.2, 0) is 0 Å². The summed E-state index contributed by atoms with van der Waals surface area (Å²) in [5, 5.41) is 10.3. The first-order valence-corrected chi connectivity index (χ1v) is 6.81. The highest BCUT2D eigenvalue weighted by molar-refractivity contribution is 7.14. The molecular weight excluding hydrogens is 274 g/mol. The Morgan fingerprint density at radius 1 is 1.15 bits per heavy atom. The maximum absolute atomic E-state index is 11.9. The number of rotatable bonds is 3. The molecule has 0 aliphatic heterocycles. The third kappa shape index (κ3) is 2.60. The van der Waals surface area contributed by atoms with Gasteiger partial charge in [-0.1, -0.05) is 23.3 Å². The molecule has 2 aromatic heterocycles. The number of hydrogen-bond acceptors (Lipinski definition) is 5. The molecule has 1 N–H and O–H groups in total. The van der Waals surface area contributed by atoms with E-state index in [9.17, 15) is 4.79 Å². The van der Waals surface area contributed by atoms with Crippen molar-refractivity contribution in [3.05, 3.63) is 52.2 Å². The molecule has 100 valence electrons. The number of carbonyl (C=O) groups excluding carboxylic acids is 1. The van der Waals surface area contributed by atoms with Crippen LogP contribution in [0.5, 0.6) is 0 Å². The molecule has 0 fully saturated rings. The smallest absolute Gasteiger partial charge is 0.322 e. The Hall–Kier alpha value is -2.47. The Bertz CT molecular complexity index is 734. The van der Waals surface area contributed by atoms with Crippen molar-refractivity contribution < 1.29 is 9.21 Å². The highest BCUT2D eigenvalue weighted by Gasteiger charge is 2.13. The second kappa shape index (κ2) is 5.26. The fourth-order valence-corrected chi connectivity index (χ4v) is 2.45. The lowest BCUT2D eigenvalue weighted by molar-refractivity contribution is 0.102. The summed E-state index contributed by atoms with van der Waals surface area (Å²) in [4.78, 5) is 13.6. The van der Waals surface area contributed by atoms with Crippen molar-refractivity contribution in [1.29, 1.82) is 0 Å². The lowest BCUT2D eigenvalue weighted by atomic mass is 10.2. The Kier molecular flexibility index (Phi) is 3.30. The minimum Gasteiger partial charge on any atom is -0.403 e. The molecule has 0 atom stereocenters. The normalized spacial score (nSPS) is 10.4. The van der Waals surface area contributed by atoms with Crippen LogP contribution in [0.15, 0.2) is 46.9 Å². The molecule has 20 heavy (non-hydrogen) atoms. The van der Waals surface area contributed by atoms with Gasteiger partial charge in [-0.2, -0.15) is 0 Å². The van der Waals surface area contributed by atoms with E-state index in [1.54, 1.807) is 6.07 Å². The van der Waals surface area contributed by atoms with E-state index in [1.165, 1.54) is 11.3 Å². The minimum absolute atomic E-state index is 0.0971. The average Bonchev–Trinajstić information content (AvgIpc) is 3.09. The lowest BCUT2D eigenvalue weighted by Gasteiger charge is -1.96. The molecule has 0 radical (unpaired) electrons. The molecule has 0 aliphatic carbocycles. The zero-order valence-corrected chi connectivity index (χ0v) is 11.5. The van der Waals surface area contributed by atoms with Gasteiger partial charge in [0.2, 0.25) is 5.89 Å². The summed E-state index contributed by atoms with van der Waals surface area (Å²) in [5.41, 5.74) is 0.812. The number of nitrogens with one attached hydrogen (secondary N) is 1. The third-order valence-corrected chi connectivity index (χ3v) is 3.63. The quantitative estimate of drug-likeness (QED) is 0.801. The Balaban J connectivity index is 1.76. The van der Waals surface area contributed by atoms with Gasteiger partial charge in [0.1, 0.15) is 0 Å². The van der Waals surface area contributed by atoms with Gasteiger partial charge in [0.15, 0.2) is 0 Å². The van der Waals surface area contributed by atoms with Gasteiger partial charge in [0.05, 0.1) is 4.88 Å². The van der Waals surface area contributed by atoms with E-state index in [0.29, 0.717) is 10.8 Å². The van der Waals surface area contributed by atoms with Crippen LogP contribution in [0.3, 0.4) is 0 Å². The van der Waals surface area contributed by atoms with Crippen LogP contribution < -0.4 is 5.32 Å². The van der Waals surface area contributed by atoms with Crippen LogP contribution in [0.1, 0.15) is 14.5 Å². The Morgan fingerprint density at radius 3 is 2.65 bits per heavy atom. The fraction of sp³-hybridized carbons (Fsp3) is 0.0714. The number of amides is 1. The number of thiophene rings is 1. The summed E-state index contributed by atoms with van der Waals surface area (Å²) in [5.74, 6) is 0.134. The number of benzene rings is 1. The van der Waals surface area contributed by atoms with Crippen molar-refractivity contribution in [2.45, 2.75) is 6.92 Å². The van der Waals surface area contributed by atoms with Crippen molar-refractivity contribution >= 4 is 23.3 Å². The van der Waals surface area contributed by atoms with Crippen molar-refractivity contribution in [1.82, 2.24) is 10.2 Å². The van der Waals surface area contributed by atoms with Gasteiger partial charge in [-0.25, -0.2) is 0 Å². The molecule has 6 heteroatoms. The van der Waals surface area contributed by atoms with Crippen molar-refractivity contribution in [2.75, 3.05) is 5.32 Å². The molecule has 2 heterocycles. The van der Waals surface area contributed by atoms with E-state index in [4.69, 9.17) is 4.42 Å². The Labute approximate surface area is 119 Å². The minimum atomic E-state index is -0.244. The number of anilines is 1. The maximum Gasteiger partial charge on any atom is 0.322 e. The van der Waals surface area contributed by atoms with E-state index < -0.39 is 0 Å². The van der Waals surface area contributed by atoms with E-state index in [-0.39, 0.29) is 11.9 Å². The topological polar surface area (TPSA) is 68.0 Å². The summed E-state index contributed by atoms with van der Waals surface area (Å²) < 4.78 is 5.42. The molecule has 0 saturated heterocycles. The lowest BCUT2D eigenvalue weighted by Crippen LogP contribution is -2.10. The molecule has 1 amide bonds. The number of aryl methyl sites for hydroxylation is 1. The largest absolute Gasteiger partial charge is 0.403 e. The first-order chi connectivity index (χ1) is 9.72. The van der Waals surface area contributed by atoms with Crippen LogP contribution in [0.4, 0.5) is 6.01 Å². The summed E-state index contributed by atoms with van der Waals surface area (Å²) in [6.45, 7) is 1.95. The van der Waals surface area contributed by atoms with Crippen molar-refractivity contribution in [2.24, 2.45) is 0 Å². The predicted octanol–water partition coefficient (Wildman–Crippen LogP) is 3.36. The van der Waals surface area contributed by atoms with E-state index >= 15 is 0 Å². The molecule has 3 aromatic rings. The Morgan fingerprint density at radius 2 is 1.95 bits per heavy atom. The maximum atomic E-state index is 11.9. The van der Waals surface area contributed by atoms with Crippen molar-refractivity contribution in [3.8, 4) is 11.5 Å². The first-order valence-electron chi connectivity index (χ1n) is 5.99. The number of aromatic nitrogens is 2. The molecular formula is C14H11N3O2S. The van der Waals surface area contributed by atoms with E-state index in [2.05, 4.69) is 15.5 Å². The van der Waals surface area contributed by atoms with Gasteiger partial charge in [-0.15, -0.1) is 16.4 Å². The standard InChI is InChI=1S/C14H11N3O2S/c1-9-7-8-11(20-9)12(18)15-14-17-16-13(19-14)10-5-3-2-4-6-10/h2-8H,1H3,(H,15,17,18). The van der Waals surface area contributed by atoms with Crippen LogP contribution >= 0.6 is 11.3 Å². The van der Waals surface area contributed by atoms with Gasteiger partial charge in [0.25, 0.3) is 5.91 Å². The molecule has 0 bridgehead atoms. The van der Waals surface area contributed by atoms with Crippen LogP contribution in [0, 0.1) is 6.92 Å². The molecule has 5 nitrogen and oxygen atoms in total. The highest BCUT2D eigenvalue weighted by atomic mass is 32.1. The molecule has 0 unspecified atom stereocenters. The SMILES string of the molecule is Cc1ccc(C(=O)Nc2nnc(-c3ccccc3)o2)s1. The zero-order valence-electron chi connectivity index (χ0n) is 10.7. The first kappa shape index (κ1) is 12.6. The summed E-state index contributed by atoms with van der Waals surface area (Å²) in [6, 6.07) is 13.1. The summed E-state index contributed by atoms with van der Waals surface area (Å²) >= 11 is 1.42. The number of nitrogens with zero attached hydrogens (tertiary/aromatic N) is 2. The number of carbonyl (C=O) groups is 1. The number of hydrogen-bond donors (Lipinski definition) is 1. The van der Waals surface area contributed by atoms with Gasteiger partial charge < -0.3 is 4.42 Å². The summed E-state index contributed by atoms with van der Waals surface area (Å²) in [6.07, 6.45) is 0. The zero-order chi connectivity index (χ0) is 13.9. The predicted molar refractivity (Wildman–Crippen MR) is 76.7 cm³/mol. The molecule has 3 rings (SSSR count). The van der Waals surface area contributed by atoms with Gasteiger partial charge >= 0.3 is 6.01 Å². The van der Waals surface area contributed by atoms with Crippen LogP contribution in [0.2, 0.25) is 0 Å². The van der Waals surface area contributed by atoms with E-state index in [1.807, 2.05) is 43.3 Å². The monoisotopic (exact) mass is 285 g/mol. The average molecular weight is 285 g/mol. The molecule has 1 aromatic carbocycles. The van der Waals surface area contributed by atoms with Gasteiger partial charge in [0, 0.05) is 10.4 Å². The molecule has 0 saturated carbocycles. The second-order valence-corrected chi connectivity index (χ2v) is 5.43. The van der Waals surface area contributed by atoms with Crippen LogP contribution in [0.25, 0.3) is 11.5 Å². The van der Waals surface area contributed by atoms with E-state index in [0.717, 1.165) is 10.4 Å². The third-order valence-electron chi connectivity index (χ3n) is 2.63. The fourth-order valence-electron chi connectivity index (χ4n) is 1.69. The van der Waals surface area contributed by atoms with Crippen LogP contribution in [-0.4, -0.2) is 16.1 Å². The molecule has 0 aliphatic rings. The molecule has 0 spiro atoms. The summed E-state index contributed by atoms with van der Waals surface area (Å²) in [7, 11) is 0. The second-order valence-electron chi connectivity index (χ2n) is 4.14. The van der Waals surface area contributed by atoms with Gasteiger partial charge in [-0.05, 0) is 31.2 Å². The van der Waals surface area contributed by atoms with Gasteiger partial charge in [-0.3, -0.25) is 10.1 Å². The highest BCUT2D eigenvalue weighted by Crippen LogP contribution is 2.20. The van der Waals surface area contributed by atoms with Crippen molar-refractivity contribution in [3.63, 3.8) is 0 Å².